The van der Waals surface area contributed by atoms with Crippen molar-refractivity contribution in [1.82, 2.24) is 14.5 Å². The van der Waals surface area contributed by atoms with E-state index in [9.17, 15) is 10.2 Å². The number of hydrogen-bond acceptors (Lipinski definition) is 7. The van der Waals surface area contributed by atoms with Crippen LogP contribution in [0.15, 0.2) is 17.0 Å². The molecule has 156 valence electrons. The van der Waals surface area contributed by atoms with Gasteiger partial charge in [0.25, 0.3) is 0 Å². The van der Waals surface area contributed by atoms with Gasteiger partial charge in [-0.05, 0) is 34.1 Å². The lowest BCUT2D eigenvalue weighted by Gasteiger charge is -2.42. The van der Waals surface area contributed by atoms with E-state index in [1.165, 1.54) is 6.33 Å². The molecule has 0 aliphatic carbocycles. The van der Waals surface area contributed by atoms with Crippen LogP contribution in [0, 0.1) is 0 Å². The van der Waals surface area contributed by atoms with Gasteiger partial charge in [0.15, 0.2) is 8.32 Å². The lowest BCUT2D eigenvalue weighted by atomic mass is 9.99. The number of fused-ring (bicyclic) bond motifs is 1. The van der Waals surface area contributed by atoms with Crippen LogP contribution in [-0.4, -0.2) is 58.0 Å². The zero-order valence-corrected chi connectivity index (χ0v) is 19.5. The zero-order chi connectivity index (χ0) is 20.9. The SMILES string of the molecule is CC(C)(C)[Si](C)(C)O[C@H]1C[C@H](n2cc(Br)c3c(N)ncnc32)OC1(CO)CO. The van der Waals surface area contributed by atoms with Gasteiger partial charge in [0, 0.05) is 17.1 Å². The van der Waals surface area contributed by atoms with E-state index in [4.69, 9.17) is 14.9 Å². The Labute approximate surface area is 174 Å². The Morgan fingerprint density at radius 1 is 1.36 bits per heavy atom. The van der Waals surface area contributed by atoms with E-state index in [2.05, 4.69) is 59.8 Å². The molecule has 2 aromatic rings. The maximum atomic E-state index is 10.1. The minimum atomic E-state index is -2.15. The monoisotopic (exact) mass is 472 g/mol. The predicted octanol–water partition coefficient (Wildman–Crippen LogP) is 2.81. The third kappa shape index (κ3) is 3.50. The van der Waals surface area contributed by atoms with Crippen LogP contribution < -0.4 is 5.73 Å². The van der Waals surface area contributed by atoms with Gasteiger partial charge in [-0.1, -0.05) is 20.8 Å². The molecule has 3 rings (SSSR count). The van der Waals surface area contributed by atoms with Gasteiger partial charge in [-0.2, -0.15) is 0 Å². The summed E-state index contributed by atoms with van der Waals surface area (Å²) in [5.74, 6) is 0.373. The summed E-state index contributed by atoms with van der Waals surface area (Å²) in [4.78, 5) is 8.39. The number of aliphatic hydroxyl groups excluding tert-OH is 2. The Hall–Kier alpha value is -1.04. The molecule has 2 atom stereocenters. The molecule has 1 fully saturated rings. The van der Waals surface area contributed by atoms with Gasteiger partial charge >= 0.3 is 0 Å². The third-order valence-electron chi connectivity index (χ3n) is 6.05. The van der Waals surface area contributed by atoms with Gasteiger partial charge in [0.2, 0.25) is 0 Å². The minimum absolute atomic E-state index is 0.00735. The second-order valence-electron chi connectivity index (χ2n) is 8.90. The van der Waals surface area contributed by atoms with E-state index in [-0.39, 0.29) is 18.3 Å². The fraction of sp³-hybridized carbons (Fsp3) is 0.667. The van der Waals surface area contributed by atoms with E-state index < -0.39 is 26.3 Å². The van der Waals surface area contributed by atoms with E-state index in [1.54, 1.807) is 0 Å². The molecule has 0 spiro atoms. The molecule has 4 N–H and O–H groups in total. The number of ether oxygens (including phenoxy) is 1. The van der Waals surface area contributed by atoms with Crippen LogP contribution in [0.25, 0.3) is 11.0 Å². The highest BCUT2D eigenvalue weighted by Gasteiger charge is 2.53. The first-order valence-electron chi connectivity index (χ1n) is 9.29. The van der Waals surface area contributed by atoms with E-state index in [0.29, 0.717) is 23.3 Å². The Kier molecular flexibility index (Phi) is 5.67. The van der Waals surface area contributed by atoms with E-state index in [1.807, 2.05) is 10.8 Å². The first kappa shape index (κ1) is 21.7. The number of nitrogens with zero attached hydrogens (tertiary/aromatic N) is 3. The van der Waals surface area contributed by atoms with Crippen molar-refractivity contribution in [2.24, 2.45) is 0 Å². The number of nitrogen functional groups attached to an aromatic ring is 1. The number of aliphatic hydroxyl groups is 2. The second-order valence-corrected chi connectivity index (χ2v) is 14.5. The molecular formula is C18H29BrN4O4Si. The van der Waals surface area contributed by atoms with Crippen LogP contribution in [0.3, 0.4) is 0 Å². The van der Waals surface area contributed by atoms with Crippen LogP contribution in [-0.2, 0) is 9.16 Å². The highest BCUT2D eigenvalue weighted by Crippen LogP contribution is 2.45. The van der Waals surface area contributed by atoms with Crippen molar-refractivity contribution in [2.75, 3.05) is 18.9 Å². The molecule has 3 heterocycles. The van der Waals surface area contributed by atoms with Gasteiger partial charge in [-0.3, -0.25) is 0 Å². The average Bonchev–Trinajstić information content (AvgIpc) is 3.13. The van der Waals surface area contributed by atoms with E-state index in [0.717, 1.165) is 4.47 Å². The Morgan fingerprint density at radius 2 is 2.00 bits per heavy atom. The van der Waals surface area contributed by atoms with Crippen molar-refractivity contribution in [3.05, 3.63) is 17.0 Å². The molecule has 1 aliphatic heterocycles. The molecule has 1 aliphatic rings. The number of hydrogen-bond donors (Lipinski definition) is 3. The average molecular weight is 473 g/mol. The highest BCUT2D eigenvalue weighted by atomic mass is 79.9. The Balaban J connectivity index is 1.99. The lowest BCUT2D eigenvalue weighted by molar-refractivity contribution is -0.146. The van der Waals surface area contributed by atoms with Crippen LogP contribution in [0.4, 0.5) is 5.82 Å². The van der Waals surface area contributed by atoms with Crippen LogP contribution >= 0.6 is 15.9 Å². The summed E-state index contributed by atoms with van der Waals surface area (Å²) >= 11 is 3.51. The minimum Gasteiger partial charge on any atom is -0.411 e. The second kappa shape index (κ2) is 7.33. The number of nitrogens with two attached hydrogens (primary N) is 1. The Bertz CT molecular complexity index is 863. The molecule has 8 nitrogen and oxygen atoms in total. The van der Waals surface area contributed by atoms with Crippen LogP contribution in [0.5, 0.6) is 0 Å². The summed E-state index contributed by atoms with van der Waals surface area (Å²) in [6.45, 7) is 10.1. The fourth-order valence-electron chi connectivity index (χ4n) is 3.26. The van der Waals surface area contributed by atoms with Crippen molar-refractivity contribution in [2.45, 2.75) is 63.3 Å². The number of aromatic nitrogens is 3. The summed E-state index contributed by atoms with van der Waals surface area (Å²) in [6, 6.07) is 0. The fourth-order valence-corrected chi connectivity index (χ4v) is 5.24. The standard InChI is InChI=1S/C18H29BrN4O4Si/c1-17(2,3)28(4,5)27-12-6-13(26-18(12,8-24)9-25)23-7-11(19)14-15(20)21-10-22-16(14)23/h7,10,12-13,24-25H,6,8-9H2,1-5H3,(H2,20,21,22)/t12-,13+/m0/s1. The predicted molar refractivity (Wildman–Crippen MR) is 113 cm³/mol. The molecule has 0 amide bonds. The maximum absolute atomic E-state index is 10.1. The normalized spacial score (nSPS) is 22.9. The zero-order valence-electron chi connectivity index (χ0n) is 16.9. The van der Waals surface area contributed by atoms with Gasteiger partial charge in [-0.15, -0.1) is 0 Å². The topological polar surface area (TPSA) is 116 Å². The first-order valence-corrected chi connectivity index (χ1v) is 13.0. The first-order chi connectivity index (χ1) is 13.0. The lowest BCUT2D eigenvalue weighted by Crippen LogP contribution is -2.54. The van der Waals surface area contributed by atoms with Crippen molar-refractivity contribution in [1.29, 1.82) is 0 Å². The highest BCUT2D eigenvalue weighted by molar-refractivity contribution is 9.10. The number of halogens is 1. The van der Waals surface area contributed by atoms with Crippen LogP contribution in [0.1, 0.15) is 33.4 Å². The summed E-state index contributed by atoms with van der Waals surface area (Å²) in [7, 11) is -2.15. The smallest absolute Gasteiger partial charge is 0.192 e. The van der Waals surface area contributed by atoms with Gasteiger partial charge in [-0.25, -0.2) is 9.97 Å². The summed E-state index contributed by atoms with van der Waals surface area (Å²) in [5.41, 5.74) is 5.45. The van der Waals surface area contributed by atoms with Crippen molar-refractivity contribution >= 4 is 41.1 Å². The third-order valence-corrected chi connectivity index (χ3v) is 11.1. The molecule has 0 saturated carbocycles. The molecule has 28 heavy (non-hydrogen) atoms. The number of rotatable bonds is 5. The molecular weight excluding hydrogens is 444 g/mol. The van der Waals surface area contributed by atoms with Gasteiger partial charge in [0.1, 0.15) is 29.6 Å². The van der Waals surface area contributed by atoms with Crippen molar-refractivity contribution in [3.8, 4) is 0 Å². The van der Waals surface area contributed by atoms with Crippen molar-refractivity contribution < 1.29 is 19.4 Å². The molecule has 2 aromatic heterocycles. The van der Waals surface area contributed by atoms with E-state index >= 15 is 0 Å². The summed E-state index contributed by atoms with van der Waals surface area (Å²) in [6.07, 6.45) is 2.83. The van der Waals surface area contributed by atoms with Gasteiger partial charge < -0.3 is 29.7 Å². The maximum Gasteiger partial charge on any atom is 0.192 e. The molecule has 1 saturated heterocycles. The summed E-state index contributed by atoms with van der Waals surface area (Å²) < 4.78 is 15.4. The quantitative estimate of drug-likeness (QED) is 0.572. The number of anilines is 1. The molecule has 0 radical (unpaired) electrons. The molecule has 0 bridgehead atoms. The molecule has 0 unspecified atom stereocenters. The van der Waals surface area contributed by atoms with Crippen LogP contribution in [0.2, 0.25) is 18.1 Å². The molecule has 10 heteroatoms. The molecule has 0 aromatic carbocycles. The Morgan fingerprint density at radius 3 is 2.57 bits per heavy atom. The largest absolute Gasteiger partial charge is 0.411 e. The van der Waals surface area contributed by atoms with Gasteiger partial charge in [0.05, 0.1) is 24.7 Å². The van der Waals surface area contributed by atoms with Crippen molar-refractivity contribution in [3.63, 3.8) is 0 Å². The summed E-state index contributed by atoms with van der Waals surface area (Å²) in [5, 5.41) is 20.9.